The lowest BCUT2D eigenvalue weighted by Gasteiger charge is -2.37. The Morgan fingerprint density at radius 3 is 1.90 bits per heavy atom. The monoisotopic (exact) mass is 685 g/mol. The van der Waals surface area contributed by atoms with E-state index in [1.54, 1.807) is 36.4 Å². The summed E-state index contributed by atoms with van der Waals surface area (Å²) in [6.45, 7) is 8.75. The maximum Gasteiger partial charge on any atom is 0.323 e. The highest BCUT2D eigenvalue weighted by Crippen LogP contribution is 2.33. The average molecular weight is 686 g/mol. The topological polar surface area (TPSA) is 160 Å². The van der Waals surface area contributed by atoms with Gasteiger partial charge in [-0.3, -0.25) is 9.69 Å². The van der Waals surface area contributed by atoms with Crippen molar-refractivity contribution in [1.82, 2.24) is 24.8 Å². The Kier molecular flexibility index (Phi) is 10.1. The molecule has 14 heteroatoms. The van der Waals surface area contributed by atoms with Crippen LogP contribution in [0, 0.1) is 0 Å². The minimum absolute atomic E-state index is 0.000766. The number of fused-ring (bicyclic) bond motifs is 2. The van der Waals surface area contributed by atoms with E-state index in [0.717, 1.165) is 44.3 Å². The summed E-state index contributed by atoms with van der Waals surface area (Å²) in [7, 11) is 0. The van der Waals surface area contributed by atoms with Gasteiger partial charge in [-0.2, -0.15) is 15.0 Å². The highest BCUT2D eigenvalue weighted by Gasteiger charge is 2.38. The summed E-state index contributed by atoms with van der Waals surface area (Å²) in [5, 5.41) is 25.9. The lowest BCUT2D eigenvalue weighted by atomic mass is 10.1. The van der Waals surface area contributed by atoms with Gasteiger partial charge in [-0.15, -0.1) is 0 Å². The van der Waals surface area contributed by atoms with Gasteiger partial charge < -0.3 is 40.3 Å². The van der Waals surface area contributed by atoms with E-state index in [-0.39, 0.29) is 43.4 Å². The molecule has 2 unspecified atom stereocenters. The molecule has 4 aliphatic heterocycles. The molecule has 4 fully saturated rings. The number of rotatable bonds is 9. The van der Waals surface area contributed by atoms with E-state index in [0.29, 0.717) is 66.9 Å². The second-order valence-corrected chi connectivity index (χ2v) is 13.9. The fourth-order valence-electron chi connectivity index (χ4n) is 7.48. The maximum absolute atomic E-state index is 13.0. The molecule has 50 heavy (non-hydrogen) atoms. The van der Waals surface area contributed by atoms with Crippen LogP contribution in [0.15, 0.2) is 48.5 Å². The normalized spacial score (nSPS) is 23.8. The van der Waals surface area contributed by atoms with Gasteiger partial charge in [0.2, 0.25) is 11.9 Å². The number of hydrogen-bond acceptors (Lipinski definition) is 11. The fourth-order valence-corrected chi connectivity index (χ4v) is 7.48. The number of aliphatic hydroxyl groups excluding tert-OH is 2. The Labute approximate surface area is 292 Å². The summed E-state index contributed by atoms with van der Waals surface area (Å²) < 4.78 is 6.05. The standard InChI is InChI=1S/C36H47N9O5/c1-23(2)42-15-17-43(18-16-42)33(48)25-5-9-27(10-6-25)38-36(49)37-26-7-3-24(4-8-26)32-39-34(44-19-30-13-14-31(20-44)50-30)41-35(40-32)45-28(21-46)11-12-29(45)22-47/h3-10,23,28-31,46-47H,11-22H2,1-2H3,(H2,37,38,49)/t28-,29+,30?,31?. The maximum atomic E-state index is 13.0. The van der Waals surface area contributed by atoms with Gasteiger partial charge in [-0.25, -0.2) is 4.79 Å². The summed E-state index contributed by atoms with van der Waals surface area (Å²) in [5.74, 6) is 1.45. The molecular weight excluding hydrogens is 638 g/mol. The molecule has 4 N–H and O–H groups in total. The SMILES string of the molecule is CC(C)N1CCN(C(=O)c2ccc(NC(=O)Nc3ccc(-c4nc(N5CC6CCC(C5)O6)nc(N5[C@H](CO)CC[C@@H]5CO)n4)cc3)cc2)CC1. The van der Waals surface area contributed by atoms with Crippen LogP contribution in [0.1, 0.15) is 49.9 Å². The summed E-state index contributed by atoms with van der Waals surface area (Å²) in [6, 6.07) is 13.9. The molecule has 1 aromatic heterocycles. The van der Waals surface area contributed by atoms with E-state index < -0.39 is 6.03 Å². The zero-order valence-corrected chi connectivity index (χ0v) is 28.7. The van der Waals surface area contributed by atoms with E-state index >= 15 is 0 Å². The van der Waals surface area contributed by atoms with Crippen molar-refractivity contribution < 1.29 is 24.5 Å². The van der Waals surface area contributed by atoms with Gasteiger partial charge in [0, 0.05) is 67.8 Å². The minimum atomic E-state index is -0.410. The summed E-state index contributed by atoms with van der Waals surface area (Å²) in [6.07, 6.45) is 3.79. The molecule has 7 rings (SSSR count). The van der Waals surface area contributed by atoms with E-state index in [1.807, 2.05) is 21.9 Å². The van der Waals surface area contributed by atoms with E-state index in [4.69, 9.17) is 19.7 Å². The number of hydrogen-bond donors (Lipinski definition) is 4. The number of aromatic nitrogens is 3. The Hall–Kier alpha value is -4.37. The lowest BCUT2D eigenvalue weighted by Crippen LogP contribution is -2.50. The first kappa shape index (κ1) is 34.1. The van der Waals surface area contributed by atoms with Crippen LogP contribution in [-0.2, 0) is 4.74 Å². The number of nitrogens with zero attached hydrogens (tertiary/aromatic N) is 7. The number of urea groups is 1. The third-order valence-electron chi connectivity index (χ3n) is 10.3. The first-order valence-electron chi connectivity index (χ1n) is 17.8. The number of morpholine rings is 1. The van der Waals surface area contributed by atoms with Crippen molar-refractivity contribution in [2.45, 2.75) is 69.9 Å². The smallest absolute Gasteiger partial charge is 0.323 e. The van der Waals surface area contributed by atoms with Crippen molar-refractivity contribution in [1.29, 1.82) is 0 Å². The van der Waals surface area contributed by atoms with Crippen LogP contribution in [0.2, 0.25) is 0 Å². The fraction of sp³-hybridized carbons (Fsp3) is 0.528. The molecule has 0 spiro atoms. The van der Waals surface area contributed by atoms with Crippen LogP contribution in [0.25, 0.3) is 11.4 Å². The third kappa shape index (κ3) is 7.38. The minimum Gasteiger partial charge on any atom is -0.394 e. The number of nitrogens with one attached hydrogen (secondary N) is 2. The van der Waals surface area contributed by atoms with Crippen molar-refractivity contribution in [3.8, 4) is 11.4 Å². The molecule has 5 heterocycles. The molecule has 0 saturated carbocycles. The number of ether oxygens (including phenoxy) is 1. The molecule has 266 valence electrons. The molecule has 4 atom stereocenters. The number of carbonyl (C=O) groups is 2. The van der Waals surface area contributed by atoms with Crippen LogP contribution in [0.3, 0.4) is 0 Å². The second-order valence-electron chi connectivity index (χ2n) is 13.9. The largest absolute Gasteiger partial charge is 0.394 e. The molecule has 2 bridgehead atoms. The average Bonchev–Trinajstić information content (AvgIpc) is 3.73. The van der Waals surface area contributed by atoms with Crippen molar-refractivity contribution in [2.75, 3.05) is 72.9 Å². The predicted molar refractivity (Wildman–Crippen MR) is 191 cm³/mol. The number of anilines is 4. The zero-order chi connectivity index (χ0) is 34.8. The van der Waals surface area contributed by atoms with Gasteiger partial charge in [-0.05, 0) is 88.1 Å². The molecule has 2 aromatic carbocycles. The number of aliphatic hydroxyl groups is 2. The Bertz CT molecular complexity index is 1620. The molecule has 0 radical (unpaired) electrons. The highest BCUT2D eigenvalue weighted by atomic mass is 16.5. The number of benzene rings is 2. The van der Waals surface area contributed by atoms with Gasteiger partial charge in [-0.1, -0.05) is 0 Å². The summed E-state index contributed by atoms with van der Waals surface area (Å²) in [4.78, 5) is 48.8. The predicted octanol–water partition coefficient (Wildman–Crippen LogP) is 3.04. The lowest BCUT2D eigenvalue weighted by molar-refractivity contribution is 0.0299. The number of piperazine rings is 1. The quantitative estimate of drug-likeness (QED) is 0.262. The summed E-state index contributed by atoms with van der Waals surface area (Å²) in [5.41, 5.74) is 2.49. The van der Waals surface area contributed by atoms with Gasteiger partial charge in [0.25, 0.3) is 5.91 Å². The van der Waals surface area contributed by atoms with Gasteiger partial charge in [0.1, 0.15) is 0 Å². The molecule has 3 aromatic rings. The van der Waals surface area contributed by atoms with Crippen molar-refractivity contribution >= 4 is 35.2 Å². The van der Waals surface area contributed by atoms with Crippen molar-refractivity contribution in [2.24, 2.45) is 0 Å². The van der Waals surface area contributed by atoms with Crippen LogP contribution < -0.4 is 20.4 Å². The van der Waals surface area contributed by atoms with Crippen molar-refractivity contribution in [3.63, 3.8) is 0 Å². The Morgan fingerprint density at radius 1 is 0.780 bits per heavy atom. The third-order valence-corrected chi connectivity index (χ3v) is 10.3. The molecule has 3 amide bonds. The molecule has 4 saturated heterocycles. The van der Waals surface area contributed by atoms with Crippen molar-refractivity contribution in [3.05, 3.63) is 54.1 Å². The van der Waals surface area contributed by atoms with E-state index in [2.05, 4.69) is 34.3 Å². The van der Waals surface area contributed by atoms with E-state index in [9.17, 15) is 19.8 Å². The molecular formula is C36H47N9O5. The van der Waals surface area contributed by atoms with Crippen LogP contribution in [0.5, 0.6) is 0 Å². The highest BCUT2D eigenvalue weighted by molar-refractivity contribution is 6.00. The Morgan fingerprint density at radius 2 is 1.34 bits per heavy atom. The Balaban J connectivity index is 1.02. The van der Waals surface area contributed by atoms with Crippen LogP contribution in [0.4, 0.5) is 28.1 Å². The number of carbonyl (C=O) groups excluding carboxylic acids is 2. The first-order valence-corrected chi connectivity index (χ1v) is 17.8. The summed E-state index contributed by atoms with van der Waals surface area (Å²) >= 11 is 0. The zero-order valence-electron chi connectivity index (χ0n) is 28.7. The molecule has 14 nitrogen and oxygen atoms in total. The van der Waals surface area contributed by atoms with Gasteiger partial charge in [0.15, 0.2) is 5.82 Å². The van der Waals surface area contributed by atoms with E-state index in [1.165, 1.54) is 0 Å². The van der Waals surface area contributed by atoms with Crippen LogP contribution >= 0.6 is 0 Å². The first-order chi connectivity index (χ1) is 24.3. The molecule has 0 aliphatic carbocycles. The van der Waals surface area contributed by atoms with Gasteiger partial charge >= 0.3 is 6.03 Å². The van der Waals surface area contributed by atoms with Crippen LogP contribution in [-0.4, -0.2) is 130 Å². The molecule has 4 aliphatic rings. The van der Waals surface area contributed by atoms with Gasteiger partial charge in [0.05, 0.1) is 37.5 Å². The number of amides is 3. The second kappa shape index (κ2) is 14.9.